The molecular formula is C20H26N4O2. The lowest BCUT2D eigenvalue weighted by Crippen LogP contribution is -2.45. The SMILES string of the molecule is O=C(COCc1ccccc1)NC1CCN(c2cc(C3CC3)[nH]n2)CC1. The van der Waals surface area contributed by atoms with Crippen LogP contribution in [0.2, 0.25) is 0 Å². The fourth-order valence-corrected chi connectivity index (χ4v) is 3.45. The van der Waals surface area contributed by atoms with Crippen LogP contribution in [0.3, 0.4) is 0 Å². The minimum atomic E-state index is -0.0322. The number of aromatic amines is 1. The normalized spacial score (nSPS) is 18.1. The van der Waals surface area contributed by atoms with Crippen molar-refractivity contribution in [3.63, 3.8) is 0 Å². The fraction of sp³-hybridized carbons (Fsp3) is 0.500. The first-order valence-corrected chi connectivity index (χ1v) is 9.49. The molecule has 0 atom stereocenters. The van der Waals surface area contributed by atoms with Crippen LogP contribution < -0.4 is 10.2 Å². The molecule has 1 aliphatic carbocycles. The van der Waals surface area contributed by atoms with Gasteiger partial charge in [0.1, 0.15) is 6.61 Å². The van der Waals surface area contributed by atoms with Gasteiger partial charge in [-0.05, 0) is 31.2 Å². The molecule has 2 aliphatic rings. The molecule has 1 aromatic carbocycles. The highest BCUT2D eigenvalue weighted by Crippen LogP contribution is 2.40. The zero-order chi connectivity index (χ0) is 17.8. The third-order valence-electron chi connectivity index (χ3n) is 5.13. The van der Waals surface area contributed by atoms with Crippen LogP contribution in [0.4, 0.5) is 5.82 Å². The maximum absolute atomic E-state index is 12.1. The number of piperidine rings is 1. The number of anilines is 1. The van der Waals surface area contributed by atoms with Crippen LogP contribution in [0, 0.1) is 0 Å². The summed E-state index contributed by atoms with van der Waals surface area (Å²) in [6.45, 7) is 2.42. The van der Waals surface area contributed by atoms with Crippen LogP contribution in [0.25, 0.3) is 0 Å². The van der Waals surface area contributed by atoms with E-state index in [4.69, 9.17) is 4.74 Å². The highest BCUT2D eigenvalue weighted by Gasteiger charge is 2.27. The monoisotopic (exact) mass is 354 g/mol. The largest absolute Gasteiger partial charge is 0.367 e. The van der Waals surface area contributed by atoms with Crippen molar-refractivity contribution in [1.82, 2.24) is 15.5 Å². The van der Waals surface area contributed by atoms with Gasteiger partial charge in [0.25, 0.3) is 0 Å². The van der Waals surface area contributed by atoms with Gasteiger partial charge in [-0.3, -0.25) is 9.89 Å². The Hall–Kier alpha value is -2.34. The molecule has 0 spiro atoms. The topological polar surface area (TPSA) is 70.2 Å². The number of benzene rings is 1. The van der Waals surface area contributed by atoms with Crippen molar-refractivity contribution in [3.8, 4) is 0 Å². The molecule has 4 rings (SSSR count). The Bertz CT molecular complexity index is 718. The molecule has 1 saturated heterocycles. The van der Waals surface area contributed by atoms with E-state index in [-0.39, 0.29) is 18.6 Å². The Kier molecular flexibility index (Phi) is 5.20. The molecule has 26 heavy (non-hydrogen) atoms. The summed E-state index contributed by atoms with van der Waals surface area (Å²) in [7, 11) is 0. The molecule has 1 aliphatic heterocycles. The van der Waals surface area contributed by atoms with E-state index in [1.54, 1.807) is 0 Å². The van der Waals surface area contributed by atoms with Gasteiger partial charge in [0.15, 0.2) is 5.82 Å². The van der Waals surface area contributed by atoms with Gasteiger partial charge in [0.2, 0.25) is 5.91 Å². The van der Waals surface area contributed by atoms with Crippen LogP contribution in [-0.2, 0) is 16.1 Å². The summed E-state index contributed by atoms with van der Waals surface area (Å²) in [5.74, 6) is 1.71. The average molecular weight is 354 g/mol. The summed E-state index contributed by atoms with van der Waals surface area (Å²) in [6.07, 6.45) is 4.44. The van der Waals surface area contributed by atoms with Gasteiger partial charge in [0.05, 0.1) is 6.61 Å². The Morgan fingerprint density at radius 1 is 1.19 bits per heavy atom. The predicted octanol–water partition coefficient (Wildman–Crippen LogP) is 2.59. The summed E-state index contributed by atoms with van der Waals surface area (Å²) < 4.78 is 5.51. The van der Waals surface area contributed by atoms with Gasteiger partial charge in [0, 0.05) is 36.8 Å². The number of carbonyl (C=O) groups is 1. The van der Waals surface area contributed by atoms with E-state index in [1.807, 2.05) is 30.3 Å². The summed E-state index contributed by atoms with van der Waals surface area (Å²) in [4.78, 5) is 14.4. The third-order valence-corrected chi connectivity index (χ3v) is 5.13. The van der Waals surface area contributed by atoms with Crippen molar-refractivity contribution in [2.24, 2.45) is 0 Å². The number of aromatic nitrogens is 2. The van der Waals surface area contributed by atoms with Crippen LogP contribution in [0.15, 0.2) is 36.4 Å². The molecule has 2 aromatic rings. The second-order valence-corrected chi connectivity index (χ2v) is 7.26. The van der Waals surface area contributed by atoms with E-state index < -0.39 is 0 Å². The number of rotatable bonds is 7. The number of ether oxygens (including phenoxy) is 1. The van der Waals surface area contributed by atoms with Crippen molar-refractivity contribution in [2.75, 3.05) is 24.6 Å². The molecule has 0 unspecified atom stereocenters. The molecule has 6 nitrogen and oxygen atoms in total. The molecule has 1 amide bonds. The molecule has 2 fully saturated rings. The van der Waals surface area contributed by atoms with Gasteiger partial charge < -0.3 is 15.0 Å². The highest BCUT2D eigenvalue weighted by atomic mass is 16.5. The summed E-state index contributed by atoms with van der Waals surface area (Å²) >= 11 is 0. The Morgan fingerprint density at radius 3 is 2.69 bits per heavy atom. The first-order chi connectivity index (χ1) is 12.8. The molecule has 0 radical (unpaired) electrons. The van der Waals surface area contributed by atoms with Crippen molar-refractivity contribution in [1.29, 1.82) is 0 Å². The van der Waals surface area contributed by atoms with Gasteiger partial charge in [-0.2, -0.15) is 5.10 Å². The highest BCUT2D eigenvalue weighted by molar-refractivity contribution is 5.77. The lowest BCUT2D eigenvalue weighted by atomic mass is 10.1. The van der Waals surface area contributed by atoms with Crippen molar-refractivity contribution in [3.05, 3.63) is 47.7 Å². The second-order valence-electron chi connectivity index (χ2n) is 7.26. The maximum atomic E-state index is 12.1. The molecule has 2 N–H and O–H groups in total. The molecule has 6 heteroatoms. The Labute approximate surface area is 153 Å². The van der Waals surface area contributed by atoms with Crippen molar-refractivity contribution < 1.29 is 9.53 Å². The van der Waals surface area contributed by atoms with E-state index >= 15 is 0 Å². The Morgan fingerprint density at radius 2 is 1.96 bits per heavy atom. The number of H-pyrrole nitrogens is 1. The van der Waals surface area contributed by atoms with Crippen LogP contribution in [-0.4, -0.2) is 41.8 Å². The second kappa shape index (κ2) is 7.91. The molecular weight excluding hydrogens is 328 g/mol. The fourth-order valence-electron chi connectivity index (χ4n) is 3.45. The summed E-state index contributed by atoms with van der Waals surface area (Å²) in [5.41, 5.74) is 2.35. The van der Waals surface area contributed by atoms with E-state index in [0.29, 0.717) is 12.5 Å². The van der Waals surface area contributed by atoms with Gasteiger partial charge in [-0.1, -0.05) is 30.3 Å². The first-order valence-electron chi connectivity index (χ1n) is 9.49. The van der Waals surface area contributed by atoms with Crippen LogP contribution in [0.1, 0.15) is 42.9 Å². The third kappa shape index (κ3) is 4.43. The maximum Gasteiger partial charge on any atom is 0.246 e. The number of carbonyl (C=O) groups excluding carboxylic acids is 1. The minimum absolute atomic E-state index is 0.0322. The quantitative estimate of drug-likeness (QED) is 0.802. The van der Waals surface area contributed by atoms with E-state index in [1.165, 1.54) is 18.5 Å². The van der Waals surface area contributed by atoms with E-state index in [0.717, 1.165) is 37.3 Å². The van der Waals surface area contributed by atoms with Gasteiger partial charge in [-0.25, -0.2) is 0 Å². The number of amides is 1. The van der Waals surface area contributed by atoms with Crippen molar-refractivity contribution >= 4 is 11.7 Å². The smallest absolute Gasteiger partial charge is 0.246 e. The zero-order valence-corrected chi connectivity index (χ0v) is 15.0. The zero-order valence-electron chi connectivity index (χ0n) is 15.0. The molecule has 1 aromatic heterocycles. The Balaban J connectivity index is 1.16. The lowest BCUT2D eigenvalue weighted by Gasteiger charge is -2.32. The molecule has 1 saturated carbocycles. The number of hydrogen-bond donors (Lipinski definition) is 2. The lowest BCUT2D eigenvalue weighted by molar-refractivity contribution is -0.126. The van der Waals surface area contributed by atoms with Crippen molar-refractivity contribution in [2.45, 2.75) is 44.2 Å². The number of nitrogens with zero attached hydrogens (tertiary/aromatic N) is 2. The molecule has 0 bridgehead atoms. The summed E-state index contributed by atoms with van der Waals surface area (Å²) in [6, 6.07) is 12.3. The number of hydrogen-bond acceptors (Lipinski definition) is 4. The predicted molar refractivity (Wildman–Crippen MR) is 100 cm³/mol. The molecule has 2 heterocycles. The molecule has 138 valence electrons. The summed E-state index contributed by atoms with van der Waals surface area (Å²) in [5, 5.41) is 10.7. The van der Waals surface area contributed by atoms with Crippen LogP contribution in [0.5, 0.6) is 0 Å². The number of nitrogens with one attached hydrogen (secondary N) is 2. The van der Waals surface area contributed by atoms with Gasteiger partial charge in [-0.15, -0.1) is 0 Å². The van der Waals surface area contributed by atoms with E-state index in [9.17, 15) is 4.79 Å². The minimum Gasteiger partial charge on any atom is -0.367 e. The standard InChI is InChI=1S/C20H26N4O2/c25-20(14-26-13-15-4-2-1-3-5-15)21-17-8-10-24(11-9-17)19-12-18(22-23-19)16-6-7-16/h1-5,12,16-17H,6-11,13-14H2,(H,21,25)(H,22,23). The van der Waals surface area contributed by atoms with E-state index in [2.05, 4.69) is 26.5 Å². The average Bonchev–Trinajstić information content (AvgIpc) is 3.40. The first kappa shape index (κ1) is 17.1. The van der Waals surface area contributed by atoms with Crippen LogP contribution >= 0.6 is 0 Å². The van der Waals surface area contributed by atoms with Gasteiger partial charge >= 0.3 is 0 Å².